The number of benzene rings is 2. The molecule has 0 radical (unpaired) electrons. The molecule has 0 saturated heterocycles. The fourth-order valence-corrected chi connectivity index (χ4v) is 2.94. The maximum Gasteiger partial charge on any atom is 0.338 e. The van der Waals surface area contributed by atoms with Gasteiger partial charge in [-0.3, -0.25) is 4.79 Å². The Balaban J connectivity index is 2.26. The van der Waals surface area contributed by atoms with Crippen LogP contribution in [0.25, 0.3) is 10.9 Å². The van der Waals surface area contributed by atoms with Gasteiger partial charge in [-0.1, -0.05) is 36.4 Å². The van der Waals surface area contributed by atoms with Crippen LogP contribution in [0.3, 0.4) is 0 Å². The normalized spacial score (nSPS) is 12.0. The predicted octanol–water partition coefficient (Wildman–Crippen LogP) is 2.28. The van der Waals surface area contributed by atoms with Crippen molar-refractivity contribution in [3.63, 3.8) is 0 Å². The molecule has 1 atom stereocenters. The highest BCUT2D eigenvalue weighted by molar-refractivity contribution is 5.98. The lowest BCUT2D eigenvalue weighted by Gasteiger charge is -2.16. The van der Waals surface area contributed by atoms with Gasteiger partial charge < -0.3 is 15.7 Å². The van der Waals surface area contributed by atoms with Crippen molar-refractivity contribution in [2.45, 2.75) is 5.92 Å². The van der Waals surface area contributed by atoms with Gasteiger partial charge in [0.2, 0.25) is 5.91 Å². The number of fused-ring (bicyclic) bond motifs is 1. The summed E-state index contributed by atoms with van der Waals surface area (Å²) in [7, 11) is 1.28. The minimum atomic E-state index is -0.890. The summed E-state index contributed by atoms with van der Waals surface area (Å²) in [5, 5.41) is 10.8. The van der Waals surface area contributed by atoms with Crippen LogP contribution in [0, 0.1) is 0 Å². The van der Waals surface area contributed by atoms with Gasteiger partial charge >= 0.3 is 5.97 Å². The smallest absolute Gasteiger partial charge is 0.338 e. The highest BCUT2D eigenvalue weighted by atomic mass is 16.5. The maximum absolute atomic E-state index is 12.2. The van der Waals surface area contributed by atoms with Crippen molar-refractivity contribution >= 4 is 22.8 Å². The molecule has 3 rings (SSSR count). The summed E-state index contributed by atoms with van der Waals surface area (Å²) in [6.07, 6.45) is 1.44. The zero-order chi connectivity index (χ0) is 17.3. The topological polar surface area (TPSA) is 94.5 Å². The van der Waals surface area contributed by atoms with Crippen LogP contribution in [0.5, 0.6) is 0 Å². The van der Waals surface area contributed by atoms with Crippen molar-refractivity contribution in [2.24, 2.45) is 5.73 Å². The first-order chi connectivity index (χ1) is 11.5. The number of ether oxygens (including phenoxy) is 1. The van der Waals surface area contributed by atoms with E-state index in [1.165, 1.54) is 13.3 Å². The van der Waals surface area contributed by atoms with Crippen molar-refractivity contribution in [1.82, 2.24) is 4.73 Å². The maximum atomic E-state index is 12.2. The molecule has 0 spiro atoms. The molecule has 122 valence electrons. The number of amides is 1. The molecule has 6 nitrogen and oxygen atoms in total. The number of carbonyl (C=O) groups is 2. The number of nitrogens with two attached hydrogens (primary N) is 1. The summed E-state index contributed by atoms with van der Waals surface area (Å²) < 4.78 is 5.74. The lowest BCUT2D eigenvalue weighted by atomic mass is 9.87. The minimum Gasteiger partial charge on any atom is -0.465 e. The van der Waals surface area contributed by atoms with Crippen molar-refractivity contribution in [3.05, 3.63) is 71.4 Å². The van der Waals surface area contributed by atoms with E-state index in [9.17, 15) is 14.8 Å². The number of primary amides is 1. The Morgan fingerprint density at radius 1 is 1.08 bits per heavy atom. The average Bonchev–Trinajstić information content (AvgIpc) is 2.92. The molecule has 6 heteroatoms. The number of carbonyl (C=O) groups excluding carboxylic acids is 2. The molecule has 0 bridgehead atoms. The first kappa shape index (κ1) is 15.6. The third-order valence-electron chi connectivity index (χ3n) is 4.00. The molecule has 1 aromatic heterocycles. The van der Waals surface area contributed by atoms with Crippen molar-refractivity contribution in [3.8, 4) is 0 Å². The lowest BCUT2D eigenvalue weighted by molar-refractivity contribution is -0.118. The highest BCUT2D eigenvalue weighted by Crippen LogP contribution is 2.33. The fraction of sp³-hybridized carbons (Fsp3) is 0.111. The van der Waals surface area contributed by atoms with E-state index in [4.69, 9.17) is 10.5 Å². The van der Waals surface area contributed by atoms with Crippen LogP contribution in [0.1, 0.15) is 27.4 Å². The Hall–Kier alpha value is -3.28. The van der Waals surface area contributed by atoms with E-state index in [0.29, 0.717) is 22.0 Å². The number of rotatable bonds is 4. The number of hydrogen-bond donors (Lipinski definition) is 2. The van der Waals surface area contributed by atoms with Gasteiger partial charge in [-0.15, -0.1) is 0 Å². The number of hydrogen-bond acceptors (Lipinski definition) is 4. The Kier molecular flexibility index (Phi) is 3.95. The van der Waals surface area contributed by atoms with Gasteiger partial charge in [0.15, 0.2) is 0 Å². The second-order valence-corrected chi connectivity index (χ2v) is 5.36. The molecule has 1 heterocycles. The molecule has 0 aliphatic heterocycles. The van der Waals surface area contributed by atoms with Gasteiger partial charge in [0.05, 0.1) is 24.1 Å². The van der Waals surface area contributed by atoms with Crippen LogP contribution in [0.2, 0.25) is 0 Å². The molecule has 3 N–H and O–H groups in total. The van der Waals surface area contributed by atoms with E-state index in [2.05, 4.69) is 0 Å². The Bertz CT molecular complexity index is 930. The number of esters is 1. The number of methoxy groups -OCH3 is 1. The van der Waals surface area contributed by atoms with E-state index in [0.717, 1.165) is 4.73 Å². The molecular weight excluding hydrogens is 308 g/mol. The molecule has 1 unspecified atom stereocenters. The first-order valence-corrected chi connectivity index (χ1v) is 7.30. The van der Waals surface area contributed by atoms with Gasteiger partial charge in [-0.2, -0.15) is 4.73 Å². The Labute approximate surface area is 138 Å². The first-order valence-electron chi connectivity index (χ1n) is 7.30. The average molecular weight is 324 g/mol. The summed E-state index contributed by atoms with van der Waals surface area (Å²) in [6, 6.07) is 13.7. The molecular formula is C18H16N2O4. The van der Waals surface area contributed by atoms with Crippen LogP contribution in [-0.2, 0) is 9.53 Å². The lowest BCUT2D eigenvalue weighted by Crippen LogP contribution is -2.24. The molecule has 0 saturated carbocycles. The monoisotopic (exact) mass is 324 g/mol. The van der Waals surface area contributed by atoms with Gasteiger partial charge in [-0.05, 0) is 23.3 Å². The van der Waals surface area contributed by atoms with Crippen LogP contribution in [-0.4, -0.2) is 28.9 Å². The van der Waals surface area contributed by atoms with E-state index in [1.54, 1.807) is 48.5 Å². The zero-order valence-corrected chi connectivity index (χ0v) is 13.0. The third kappa shape index (κ3) is 2.48. The van der Waals surface area contributed by atoms with Gasteiger partial charge in [0.25, 0.3) is 0 Å². The number of aromatic nitrogens is 1. The van der Waals surface area contributed by atoms with Gasteiger partial charge in [0.1, 0.15) is 0 Å². The van der Waals surface area contributed by atoms with Crippen LogP contribution in [0.4, 0.5) is 0 Å². The van der Waals surface area contributed by atoms with Crippen LogP contribution < -0.4 is 5.73 Å². The second-order valence-electron chi connectivity index (χ2n) is 5.36. The fourth-order valence-electron chi connectivity index (χ4n) is 2.94. The van der Waals surface area contributed by atoms with Gasteiger partial charge in [0, 0.05) is 11.6 Å². The molecule has 24 heavy (non-hydrogen) atoms. The molecule has 0 fully saturated rings. The summed E-state index contributed by atoms with van der Waals surface area (Å²) in [5.74, 6) is -2.06. The summed E-state index contributed by atoms with van der Waals surface area (Å²) in [5.41, 5.74) is 7.41. The SMILES string of the molecule is COC(=O)c1ccccc1C(C(N)=O)c1cn(O)c2ccccc12. The van der Waals surface area contributed by atoms with Crippen molar-refractivity contribution in [1.29, 1.82) is 0 Å². The van der Waals surface area contributed by atoms with E-state index < -0.39 is 17.8 Å². The van der Waals surface area contributed by atoms with Gasteiger partial charge in [-0.25, -0.2) is 4.79 Å². The minimum absolute atomic E-state index is 0.263. The molecule has 0 aliphatic rings. The highest BCUT2D eigenvalue weighted by Gasteiger charge is 2.28. The third-order valence-corrected chi connectivity index (χ3v) is 4.00. The van der Waals surface area contributed by atoms with Crippen LogP contribution >= 0.6 is 0 Å². The van der Waals surface area contributed by atoms with Crippen molar-refractivity contribution < 1.29 is 19.5 Å². The zero-order valence-electron chi connectivity index (χ0n) is 13.0. The molecule has 1 amide bonds. The second kappa shape index (κ2) is 6.08. The molecule has 0 aliphatic carbocycles. The van der Waals surface area contributed by atoms with Crippen LogP contribution in [0.15, 0.2) is 54.7 Å². The largest absolute Gasteiger partial charge is 0.465 e. The van der Waals surface area contributed by atoms with Crippen molar-refractivity contribution in [2.75, 3.05) is 7.11 Å². The predicted molar refractivity (Wildman–Crippen MR) is 87.9 cm³/mol. The number of para-hydroxylation sites is 1. The standard InChI is InChI=1S/C18H16N2O4/c1-24-18(22)13-8-3-2-7-12(13)16(17(19)21)14-10-20(23)15-9-5-4-6-11(14)15/h2-10,16,23H,1H3,(H2,19,21). The summed E-state index contributed by atoms with van der Waals surface area (Å²) in [4.78, 5) is 24.2. The van der Waals surface area contributed by atoms with E-state index in [1.807, 2.05) is 0 Å². The summed E-state index contributed by atoms with van der Waals surface area (Å²) in [6.45, 7) is 0. The molecule has 3 aromatic rings. The summed E-state index contributed by atoms with van der Waals surface area (Å²) >= 11 is 0. The molecule has 2 aromatic carbocycles. The van der Waals surface area contributed by atoms with E-state index in [-0.39, 0.29) is 5.56 Å². The Morgan fingerprint density at radius 3 is 2.46 bits per heavy atom. The Morgan fingerprint density at radius 2 is 1.75 bits per heavy atom. The van der Waals surface area contributed by atoms with E-state index >= 15 is 0 Å². The number of nitrogens with zero attached hydrogens (tertiary/aromatic N) is 1. The quantitative estimate of drug-likeness (QED) is 0.568.